The van der Waals surface area contributed by atoms with Gasteiger partial charge in [-0.25, -0.2) is 4.39 Å². The van der Waals surface area contributed by atoms with E-state index in [1.807, 2.05) is 0 Å². The van der Waals surface area contributed by atoms with Gasteiger partial charge in [-0.2, -0.15) is 0 Å². The average molecular weight is 328 g/mol. The molecule has 1 unspecified atom stereocenters. The van der Waals surface area contributed by atoms with E-state index in [1.54, 1.807) is 6.07 Å². The third-order valence-electron chi connectivity index (χ3n) is 3.20. The Morgan fingerprint density at radius 2 is 2.14 bits per heavy atom. The Labute approximate surface area is 133 Å². The molecular formula is C15H19ClFN3S. The highest BCUT2D eigenvalue weighted by Crippen LogP contribution is 2.32. The molecule has 6 heteroatoms. The number of hydrogen-bond acceptors (Lipinski definition) is 4. The molecule has 114 valence electrons. The molecule has 1 aromatic carbocycles. The number of rotatable bonds is 7. The minimum atomic E-state index is -0.285. The van der Waals surface area contributed by atoms with Gasteiger partial charge in [0, 0.05) is 5.02 Å². The summed E-state index contributed by atoms with van der Waals surface area (Å²) in [5.41, 5.74) is 1.71. The smallest absolute Gasteiger partial charge is 0.123 e. The van der Waals surface area contributed by atoms with Crippen molar-refractivity contribution >= 4 is 23.1 Å². The number of aryl methyl sites for hydroxylation is 1. The van der Waals surface area contributed by atoms with E-state index in [-0.39, 0.29) is 11.9 Å². The zero-order valence-electron chi connectivity index (χ0n) is 12.2. The highest BCUT2D eigenvalue weighted by Gasteiger charge is 2.22. The summed E-state index contributed by atoms with van der Waals surface area (Å²) in [7, 11) is 0. The van der Waals surface area contributed by atoms with Crippen molar-refractivity contribution in [3.05, 3.63) is 45.2 Å². The van der Waals surface area contributed by atoms with E-state index >= 15 is 0 Å². The van der Waals surface area contributed by atoms with Crippen LogP contribution in [-0.2, 0) is 6.42 Å². The molecule has 0 aliphatic heterocycles. The van der Waals surface area contributed by atoms with Gasteiger partial charge in [-0.05, 0) is 54.7 Å². The van der Waals surface area contributed by atoms with Crippen molar-refractivity contribution in [2.24, 2.45) is 0 Å². The highest BCUT2D eigenvalue weighted by molar-refractivity contribution is 7.05. The molecule has 0 aliphatic rings. The average Bonchev–Trinajstić information content (AvgIpc) is 2.92. The Balaban J connectivity index is 2.42. The van der Waals surface area contributed by atoms with E-state index in [0.717, 1.165) is 41.9 Å². The maximum absolute atomic E-state index is 13.6. The molecule has 0 saturated heterocycles. The van der Waals surface area contributed by atoms with Crippen LogP contribution < -0.4 is 5.32 Å². The molecule has 0 bridgehead atoms. The first-order valence-corrected chi connectivity index (χ1v) is 8.32. The van der Waals surface area contributed by atoms with Gasteiger partial charge in [0.05, 0.1) is 16.6 Å². The Hall–Kier alpha value is -1.04. The Kier molecular flexibility index (Phi) is 6.08. The van der Waals surface area contributed by atoms with E-state index < -0.39 is 0 Å². The van der Waals surface area contributed by atoms with E-state index in [4.69, 9.17) is 11.6 Å². The number of nitrogens with one attached hydrogen (secondary N) is 1. The summed E-state index contributed by atoms with van der Waals surface area (Å²) in [6, 6.07) is 4.31. The quantitative estimate of drug-likeness (QED) is 0.820. The van der Waals surface area contributed by atoms with Gasteiger partial charge in [-0.15, -0.1) is 5.10 Å². The largest absolute Gasteiger partial charge is 0.305 e. The number of halogens is 2. The second-order valence-electron chi connectivity index (χ2n) is 4.89. The molecule has 3 nitrogen and oxygen atoms in total. The second kappa shape index (κ2) is 7.82. The van der Waals surface area contributed by atoms with Crippen LogP contribution in [0, 0.1) is 5.82 Å². The van der Waals surface area contributed by atoms with Crippen LogP contribution in [0.15, 0.2) is 18.2 Å². The van der Waals surface area contributed by atoms with Gasteiger partial charge in [-0.3, -0.25) is 0 Å². The van der Waals surface area contributed by atoms with Crippen LogP contribution in [0.5, 0.6) is 0 Å². The zero-order chi connectivity index (χ0) is 15.2. The van der Waals surface area contributed by atoms with Gasteiger partial charge in [-0.1, -0.05) is 36.4 Å². The molecule has 0 aliphatic carbocycles. The van der Waals surface area contributed by atoms with Crippen LogP contribution in [0.3, 0.4) is 0 Å². The van der Waals surface area contributed by atoms with Gasteiger partial charge in [0.1, 0.15) is 5.82 Å². The number of benzene rings is 1. The van der Waals surface area contributed by atoms with Crippen LogP contribution >= 0.6 is 23.1 Å². The van der Waals surface area contributed by atoms with Gasteiger partial charge in [0.2, 0.25) is 0 Å². The number of aromatic nitrogens is 2. The summed E-state index contributed by atoms with van der Waals surface area (Å²) >= 11 is 7.63. The predicted octanol–water partition coefficient (Wildman–Crippen LogP) is 4.37. The summed E-state index contributed by atoms with van der Waals surface area (Å²) in [6.45, 7) is 5.02. The lowest BCUT2D eigenvalue weighted by atomic mass is 10.0. The zero-order valence-corrected chi connectivity index (χ0v) is 13.8. The fraction of sp³-hybridized carbons (Fsp3) is 0.467. The van der Waals surface area contributed by atoms with E-state index in [1.165, 1.54) is 23.7 Å². The van der Waals surface area contributed by atoms with Crippen molar-refractivity contribution in [2.45, 2.75) is 39.2 Å². The minimum absolute atomic E-state index is 0.158. The third kappa shape index (κ3) is 3.99. The third-order valence-corrected chi connectivity index (χ3v) is 4.38. The van der Waals surface area contributed by atoms with Crippen molar-refractivity contribution in [3.8, 4) is 0 Å². The SMILES string of the molecule is CCCNC(c1cc(F)ccc1Cl)c1snnc1CCC. The summed E-state index contributed by atoms with van der Waals surface area (Å²) in [5, 5.41) is 8.19. The van der Waals surface area contributed by atoms with Crippen LogP contribution in [0.25, 0.3) is 0 Å². The Morgan fingerprint density at radius 1 is 1.33 bits per heavy atom. The first-order valence-electron chi connectivity index (χ1n) is 7.16. The van der Waals surface area contributed by atoms with Crippen molar-refractivity contribution in [3.63, 3.8) is 0 Å². The van der Waals surface area contributed by atoms with Crippen molar-refractivity contribution in [1.82, 2.24) is 14.9 Å². The summed E-state index contributed by atoms with van der Waals surface area (Å²) in [6.07, 6.45) is 2.84. The summed E-state index contributed by atoms with van der Waals surface area (Å²) < 4.78 is 17.7. The highest BCUT2D eigenvalue weighted by atomic mass is 35.5. The molecular weight excluding hydrogens is 309 g/mol. The van der Waals surface area contributed by atoms with Gasteiger partial charge in [0.15, 0.2) is 0 Å². The number of hydrogen-bond donors (Lipinski definition) is 1. The van der Waals surface area contributed by atoms with Crippen molar-refractivity contribution < 1.29 is 4.39 Å². The normalized spacial score (nSPS) is 12.6. The molecule has 21 heavy (non-hydrogen) atoms. The van der Waals surface area contributed by atoms with Crippen molar-refractivity contribution in [1.29, 1.82) is 0 Å². The Morgan fingerprint density at radius 3 is 2.86 bits per heavy atom. The first-order chi connectivity index (χ1) is 10.2. The summed E-state index contributed by atoms with van der Waals surface area (Å²) in [5.74, 6) is -0.285. The summed E-state index contributed by atoms with van der Waals surface area (Å²) in [4.78, 5) is 1.03. The van der Waals surface area contributed by atoms with E-state index in [9.17, 15) is 4.39 Å². The lowest BCUT2D eigenvalue weighted by molar-refractivity contribution is 0.586. The number of nitrogens with zero attached hydrogens (tertiary/aromatic N) is 2. The molecule has 0 spiro atoms. The molecule has 1 aromatic heterocycles. The molecule has 0 amide bonds. The van der Waals surface area contributed by atoms with E-state index in [2.05, 4.69) is 28.8 Å². The monoisotopic (exact) mass is 327 g/mol. The standard InChI is InChI=1S/C15H19ClFN3S/c1-3-5-13-15(21-20-19-13)14(18-8-4-2)11-9-10(17)6-7-12(11)16/h6-7,9,14,18H,3-5,8H2,1-2H3. The first kappa shape index (κ1) is 16.3. The molecule has 2 aromatic rings. The molecule has 0 fully saturated rings. The molecule has 2 rings (SSSR count). The van der Waals surface area contributed by atoms with E-state index in [0.29, 0.717) is 5.02 Å². The molecule has 0 saturated carbocycles. The maximum Gasteiger partial charge on any atom is 0.123 e. The lowest BCUT2D eigenvalue weighted by Gasteiger charge is -2.19. The molecule has 1 atom stereocenters. The van der Waals surface area contributed by atoms with Gasteiger partial charge >= 0.3 is 0 Å². The minimum Gasteiger partial charge on any atom is -0.305 e. The molecule has 1 heterocycles. The Bertz CT molecular complexity index is 588. The van der Waals surface area contributed by atoms with Crippen LogP contribution in [-0.4, -0.2) is 16.1 Å². The molecule has 1 N–H and O–H groups in total. The fourth-order valence-corrected chi connectivity index (χ4v) is 3.23. The van der Waals surface area contributed by atoms with Gasteiger partial charge in [0.25, 0.3) is 0 Å². The lowest BCUT2D eigenvalue weighted by Crippen LogP contribution is -2.24. The maximum atomic E-state index is 13.6. The fourth-order valence-electron chi connectivity index (χ4n) is 2.21. The second-order valence-corrected chi connectivity index (χ2v) is 6.08. The van der Waals surface area contributed by atoms with Gasteiger partial charge < -0.3 is 5.32 Å². The van der Waals surface area contributed by atoms with Crippen LogP contribution in [0.2, 0.25) is 5.02 Å². The predicted molar refractivity (Wildman–Crippen MR) is 85.5 cm³/mol. The van der Waals surface area contributed by atoms with Crippen LogP contribution in [0.1, 0.15) is 48.9 Å². The van der Waals surface area contributed by atoms with Crippen LogP contribution in [0.4, 0.5) is 4.39 Å². The topological polar surface area (TPSA) is 37.8 Å². The molecule has 0 radical (unpaired) electrons. The van der Waals surface area contributed by atoms with Crippen molar-refractivity contribution in [2.75, 3.05) is 6.54 Å².